The van der Waals surface area contributed by atoms with Gasteiger partial charge >= 0.3 is 0 Å². The number of furan rings is 1. The number of carbonyl (C=O) groups is 1. The van der Waals surface area contributed by atoms with E-state index in [1.807, 2.05) is 0 Å². The lowest BCUT2D eigenvalue weighted by molar-refractivity contribution is 0.102. The van der Waals surface area contributed by atoms with E-state index in [1.165, 1.54) is 6.42 Å². The number of phenols is 1. The monoisotopic (exact) mass is 394 g/mol. The van der Waals surface area contributed by atoms with Crippen molar-refractivity contribution in [2.75, 3.05) is 25.5 Å². The van der Waals surface area contributed by atoms with Crippen LogP contribution in [0.5, 0.6) is 11.5 Å². The molecule has 29 heavy (non-hydrogen) atoms. The summed E-state index contributed by atoms with van der Waals surface area (Å²) >= 11 is 0. The third-order valence-corrected chi connectivity index (χ3v) is 5.52. The summed E-state index contributed by atoms with van der Waals surface area (Å²) in [6.45, 7) is 4.38. The first-order valence-electron chi connectivity index (χ1n) is 9.98. The van der Waals surface area contributed by atoms with Gasteiger partial charge in [-0.2, -0.15) is 0 Å². The number of ether oxygens (including phenoxy) is 1. The second-order valence-corrected chi connectivity index (χ2v) is 7.49. The zero-order valence-corrected chi connectivity index (χ0v) is 16.8. The number of nitrogens with one attached hydrogen (secondary N) is 1. The summed E-state index contributed by atoms with van der Waals surface area (Å²) in [5.41, 5.74) is 2.51. The zero-order valence-electron chi connectivity index (χ0n) is 16.8. The molecule has 1 fully saturated rings. The Morgan fingerprint density at radius 2 is 1.86 bits per heavy atom. The number of hydrogen-bond acceptors (Lipinski definition) is 5. The summed E-state index contributed by atoms with van der Waals surface area (Å²) in [5, 5.41) is 14.2. The second kappa shape index (κ2) is 8.17. The van der Waals surface area contributed by atoms with E-state index in [4.69, 9.17) is 9.15 Å². The number of benzene rings is 2. The van der Waals surface area contributed by atoms with Crippen molar-refractivity contribution in [3.63, 3.8) is 0 Å². The molecule has 1 aliphatic rings. The van der Waals surface area contributed by atoms with Crippen molar-refractivity contribution in [2.45, 2.75) is 32.7 Å². The van der Waals surface area contributed by atoms with Gasteiger partial charge in [-0.1, -0.05) is 6.42 Å². The van der Waals surface area contributed by atoms with E-state index in [0.29, 0.717) is 34.5 Å². The van der Waals surface area contributed by atoms with Crippen molar-refractivity contribution in [2.24, 2.45) is 0 Å². The molecule has 6 nitrogen and oxygen atoms in total. The summed E-state index contributed by atoms with van der Waals surface area (Å²) in [7, 11) is 1.60. The molecule has 0 spiro atoms. The third kappa shape index (κ3) is 3.93. The lowest BCUT2D eigenvalue weighted by Gasteiger charge is -2.27. The molecule has 4 rings (SSSR count). The van der Waals surface area contributed by atoms with Gasteiger partial charge in [0, 0.05) is 23.2 Å². The molecule has 0 atom stereocenters. The number of aromatic hydroxyl groups is 1. The number of phenolic OH excluding ortho intramolecular Hbond substituents is 1. The van der Waals surface area contributed by atoms with E-state index >= 15 is 0 Å². The molecule has 1 saturated heterocycles. The summed E-state index contributed by atoms with van der Waals surface area (Å²) in [6, 6.07) is 10.5. The van der Waals surface area contributed by atoms with Gasteiger partial charge in [-0.05, 0) is 69.3 Å². The molecule has 2 aromatic carbocycles. The van der Waals surface area contributed by atoms with E-state index in [2.05, 4.69) is 10.2 Å². The Balaban J connectivity index is 1.69. The number of hydrogen-bond donors (Lipinski definition) is 2. The first-order chi connectivity index (χ1) is 14.1. The first-order valence-corrected chi connectivity index (χ1v) is 9.98. The van der Waals surface area contributed by atoms with E-state index in [9.17, 15) is 9.90 Å². The number of anilines is 1. The lowest BCUT2D eigenvalue weighted by atomic mass is 10.0. The van der Waals surface area contributed by atoms with Crippen LogP contribution in [0.2, 0.25) is 0 Å². The fourth-order valence-electron chi connectivity index (χ4n) is 4.01. The van der Waals surface area contributed by atoms with Gasteiger partial charge in [0.2, 0.25) is 0 Å². The summed E-state index contributed by atoms with van der Waals surface area (Å²) in [6.07, 6.45) is 3.56. The molecular formula is C23H26N2O4. The van der Waals surface area contributed by atoms with Crippen molar-refractivity contribution in [3.8, 4) is 11.5 Å². The Morgan fingerprint density at radius 1 is 1.14 bits per heavy atom. The standard InChI is InChI=1S/C23H26N2O4/c1-15-21(23(27)24-16-6-8-17(28-2)9-7-16)22-18(14-25-12-4-3-5-13-25)19(26)10-11-20(22)29-15/h6-11,26H,3-5,12-14H2,1-2H3,(H,24,27). The highest BCUT2D eigenvalue weighted by Gasteiger charge is 2.24. The van der Waals surface area contributed by atoms with Crippen LogP contribution in [0.3, 0.4) is 0 Å². The van der Waals surface area contributed by atoms with Crippen LogP contribution in [0.4, 0.5) is 5.69 Å². The molecule has 0 aliphatic carbocycles. The predicted molar refractivity (Wildman–Crippen MR) is 113 cm³/mol. The lowest BCUT2D eigenvalue weighted by Crippen LogP contribution is -2.29. The van der Waals surface area contributed by atoms with E-state index in [0.717, 1.165) is 37.2 Å². The van der Waals surface area contributed by atoms with E-state index in [-0.39, 0.29) is 11.7 Å². The molecule has 0 saturated carbocycles. The predicted octanol–water partition coefficient (Wildman–Crippen LogP) is 4.69. The Morgan fingerprint density at radius 3 is 2.55 bits per heavy atom. The second-order valence-electron chi connectivity index (χ2n) is 7.49. The van der Waals surface area contributed by atoms with E-state index < -0.39 is 0 Å². The van der Waals surface area contributed by atoms with E-state index in [1.54, 1.807) is 50.4 Å². The molecule has 2 N–H and O–H groups in total. The number of methoxy groups -OCH3 is 1. The molecule has 2 heterocycles. The molecule has 0 unspecified atom stereocenters. The maximum Gasteiger partial charge on any atom is 0.259 e. The van der Waals surface area contributed by atoms with Crippen LogP contribution in [-0.2, 0) is 6.54 Å². The molecule has 6 heteroatoms. The topological polar surface area (TPSA) is 74.9 Å². The minimum absolute atomic E-state index is 0.197. The van der Waals surface area contributed by atoms with Crippen LogP contribution >= 0.6 is 0 Å². The number of fused-ring (bicyclic) bond motifs is 1. The van der Waals surface area contributed by atoms with Crippen LogP contribution in [0.15, 0.2) is 40.8 Å². The maximum absolute atomic E-state index is 13.1. The minimum Gasteiger partial charge on any atom is -0.508 e. The number of nitrogens with zero attached hydrogens (tertiary/aromatic N) is 1. The zero-order chi connectivity index (χ0) is 20.4. The quantitative estimate of drug-likeness (QED) is 0.656. The number of carbonyl (C=O) groups excluding carboxylic acids is 1. The third-order valence-electron chi connectivity index (χ3n) is 5.52. The van der Waals surface area contributed by atoms with Gasteiger partial charge in [-0.3, -0.25) is 9.69 Å². The minimum atomic E-state index is -0.253. The molecule has 1 amide bonds. The van der Waals surface area contributed by atoms with Gasteiger partial charge in [0.05, 0.1) is 12.7 Å². The molecule has 1 aromatic heterocycles. The molecule has 152 valence electrons. The molecule has 1 aliphatic heterocycles. The Kier molecular flexibility index (Phi) is 5.45. The highest BCUT2D eigenvalue weighted by Crippen LogP contribution is 2.35. The molecule has 3 aromatic rings. The molecular weight excluding hydrogens is 368 g/mol. The summed E-state index contributed by atoms with van der Waals surface area (Å²) < 4.78 is 11.0. The Hall–Kier alpha value is -2.99. The van der Waals surface area contributed by atoms with Crippen molar-refractivity contribution >= 4 is 22.6 Å². The number of likely N-dealkylation sites (tertiary alicyclic amines) is 1. The van der Waals surface area contributed by atoms with Crippen LogP contribution in [0, 0.1) is 6.92 Å². The van der Waals surface area contributed by atoms with Gasteiger partial charge in [0.25, 0.3) is 5.91 Å². The van der Waals surface area contributed by atoms with Crippen LogP contribution in [-0.4, -0.2) is 36.1 Å². The molecule has 0 radical (unpaired) electrons. The summed E-state index contributed by atoms with van der Waals surface area (Å²) in [4.78, 5) is 15.4. The number of amides is 1. The van der Waals surface area contributed by atoms with Gasteiger partial charge < -0.3 is 19.6 Å². The van der Waals surface area contributed by atoms with Crippen LogP contribution in [0.1, 0.15) is 40.9 Å². The van der Waals surface area contributed by atoms with Gasteiger partial charge in [0.15, 0.2) is 0 Å². The maximum atomic E-state index is 13.1. The fraction of sp³-hybridized carbons (Fsp3) is 0.348. The summed E-state index contributed by atoms with van der Waals surface area (Å²) in [5.74, 6) is 1.21. The Bertz CT molecular complexity index is 1020. The number of piperidine rings is 1. The first kappa shape index (κ1) is 19.3. The van der Waals surface area contributed by atoms with Crippen LogP contribution in [0.25, 0.3) is 11.0 Å². The van der Waals surface area contributed by atoms with Gasteiger partial charge in [-0.25, -0.2) is 0 Å². The largest absolute Gasteiger partial charge is 0.508 e. The molecule has 0 bridgehead atoms. The van der Waals surface area contributed by atoms with Crippen molar-refractivity contribution in [1.82, 2.24) is 4.90 Å². The highest BCUT2D eigenvalue weighted by atomic mass is 16.5. The average molecular weight is 394 g/mol. The Labute approximate surface area is 170 Å². The SMILES string of the molecule is COc1ccc(NC(=O)c2c(C)oc3ccc(O)c(CN4CCCCC4)c23)cc1. The van der Waals surface area contributed by atoms with Gasteiger partial charge in [0.1, 0.15) is 22.8 Å². The van der Waals surface area contributed by atoms with Gasteiger partial charge in [-0.15, -0.1) is 0 Å². The fourth-order valence-corrected chi connectivity index (χ4v) is 4.01. The average Bonchev–Trinajstić information content (AvgIpc) is 3.08. The van der Waals surface area contributed by atoms with Crippen molar-refractivity contribution in [1.29, 1.82) is 0 Å². The van der Waals surface area contributed by atoms with Crippen molar-refractivity contribution in [3.05, 3.63) is 53.3 Å². The normalized spacial score (nSPS) is 14.8. The highest BCUT2D eigenvalue weighted by molar-refractivity contribution is 6.14. The number of aryl methyl sites for hydroxylation is 1. The number of rotatable bonds is 5. The van der Waals surface area contributed by atoms with Crippen LogP contribution < -0.4 is 10.1 Å². The smallest absolute Gasteiger partial charge is 0.259 e. The van der Waals surface area contributed by atoms with Crippen molar-refractivity contribution < 1.29 is 19.1 Å².